The number of benzene rings is 2. The van der Waals surface area contributed by atoms with Gasteiger partial charge in [-0.05, 0) is 38.0 Å². The molecule has 0 spiro atoms. The maximum absolute atomic E-state index is 13.5. The Balaban J connectivity index is 2.36. The van der Waals surface area contributed by atoms with Crippen molar-refractivity contribution in [3.05, 3.63) is 60.2 Å². The van der Waals surface area contributed by atoms with E-state index in [2.05, 4.69) is 5.32 Å². The molecule has 0 saturated carbocycles. The number of hydrogen-bond donors (Lipinski definition) is 1. The van der Waals surface area contributed by atoms with E-state index in [0.717, 1.165) is 29.0 Å². The average Bonchev–Trinajstić information content (AvgIpc) is 2.81. The lowest BCUT2D eigenvalue weighted by Gasteiger charge is -2.32. The molecule has 0 heterocycles. The summed E-state index contributed by atoms with van der Waals surface area (Å²) in [4.78, 5) is 27.7. The van der Waals surface area contributed by atoms with Crippen molar-refractivity contribution in [2.75, 3.05) is 30.3 Å². The Bertz CT molecular complexity index is 1040. The molecule has 0 aromatic heterocycles. The maximum Gasteiger partial charge on any atom is 0.244 e. The summed E-state index contributed by atoms with van der Waals surface area (Å²) in [6.45, 7) is 6.06. The minimum absolute atomic E-state index is 0.173. The van der Waals surface area contributed by atoms with Gasteiger partial charge in [0.05, 0.1) is 18.6 Å². The summed E-state index contributed by atoms with van der Waals surface area (Å²) in [5, 5.41) is 2.86. The highest BCUT2D eigenvalue weighted by Crippen LogP contribution is 2.30. The zero-order valence-electron chi connectivity index (χ0n) is 20.4. The van der Waals surface area contributed by atoms with Crippen molar-refractivity contribution in [1.29, 1.82) is 0 Å². The lowest BCUT2D eigenvalue weighted by atomic mass is 10.1. The van der Waals surface area contributed by atoms with Crippen LogP contribution in [0.15, 0.2) is 54.6 Å². The smallest absolute Gasteiger partial charge is 0.244 e. The van der Waals surface area contributed by atoms with Crippen LogP contribution in [0.5, 0.6) is 5.75 Å². The molecule has 0 fully saturated rings. The lowest BCUT2D eigenvalue weighted by Crippen LogP contribution is -2.51. The van der Waals surface area contributed by atoms with Gasteiger partial charge in [-0.1, -0.05) is 55.8 Å². The molecule has 0 unspecified atom stereocenters. The fraction of sp³-hybridized carbons (Fsp3) is 0.440. The van der Waals surface area contributed by atoms with Crippen molar-refractivity contribution in [2.45, 2.75) is 46.2 Å². The molecule has 8 nitrogen and oxygen atoms in total. The molecule has 0 aliphatic rings. The fourth-order valence-corrected chi connectivity index (χ4v) is 4.29. The summed E-state index contributed by atoms with van der Waals surface area (Å²) in [5.74, 6) is -0.403. The van der Waals surface area contributed by atoms with E-state index in [9.17, 15) is 18.0 Å². The number of hydrogen-bond acceptors (Lipinski definition) is 5. The normalized spacial score (nSPS) is 12.0. The van der Waals surface area contributed by atoms with Gasteiger partial charge in [0.2, 0.25) is 21.8 Å². The zero-order valence-corrected chi connectivity index (χ0v) is 21.2. The fourth-order valence-electron chi connectivity index (χ4n) is 3.43. The molecular formula is C25H35N3O5S. The number of carbonyl (C=O) groups excluding carboxylic acids is 2. The van der Waals surface area contributed by atoms with Crippen molar-refractivity contribution in [3.8, 4) is 5.75 Å². The highest BCUT2D eigenvalue weighted by molar-refractivity contribution is 7.92. The molecular weight excluding hydrogens is 454 g/mol. The number of amides is 2. The molecule has 2 amide bonds. The van der Waals surface area contributed by atoms with Crippen LogP contribution in [0.4, 0.5) is 5.69 Å². The number of ether oxygens (including phenoxy) is 1. The maximum atomic E-state index is 13.5. The number of nitrogens with zero attached hydrogens (tertiary/aromatic N) is 2. The highest BCUT2D eigenvalue weighted by Gasteiger charge is 2.31. The van der Waals surface area contributed by atoms with Crippen molar-refractivity contribution in [2.24, 2.45) is 0 Å². The van der Waals surface area contributed by atoms with Crippen LogP contribution < -0.4 is 14.4 Å². The van der Waals surface area contributed by atoms with Gasteiger partial charge in [0.15, 0.2) is 0 Å². The molecule has 2 aromatic carbocycles. The Kier molecular flexibility index (Phi) is 10.4. The van der Waals surface area contributed by atoms with Crippen molar-refractivity contribution in [1.82, 2.24) is 10.2 Å². The van der Waals surface area contributed by atoms with E-state index in [4.69, 9.17) is 4.74 Å². The van der Waals surface area contributed by atoms with Crippen LogP contribution in [0.2, 0.25) is 0 Å². The van der Waals surface area contributed by atoms with Gasteiger partial charge in [-0.15, -0.1) is 0 Å². The van der Waals surface area contributed by atoms with E-state index in [1.807, 2.05) is 37.3 Å². The van der Waals surface area contributed by atoms with Gasteiger partial charge in [0.1, 0.15) is 18.3 Å². The Hall–Kier alpha value is -3.07. The number of para-hydroxylation sites is 2. The molecule has 34 heavy (non-hydrogen) atoms. The summed E-state index contributed by atoms with van der Waals surface area (Å²) in [6.07, 6.45) is 2.82. The minimum atomic E-state index is -3.82. The van der Waals surface area contributed by atoms with Crippen LogP contribution in [-0.2, 0) is 26.2 Å². The van der Waals surface area contributed by atoms with Crippen LogP contribution >= 0.6 is 0 Å². The van der Waals surface area contributed by atoms with Gasteiger partial charge in [0, 0.05) is 13.1 Å². The van der Waals surface area contributed by atoms with Crippen LogP contribution in [0, 0.1) is 0 Å². The molecule has 0 saturated heterocycles. The topological polar surface area (TPSA) is 96.0 Å². The standard InChI is InChI=1S/C25H35N3O5S/c1-5-7-17-26-25(30)20(3)27(18-21-13-9-8-10-14-21)24(29)19-28(34(4,31)32)22-15-11-12-16-23(22)33-6-2/h8-16,20H,5-7,17-19H2,1-4H3,(H,26,30)/t20-/m1/s1. The monoisotopic (exact) mass is 489 g/mol. The second-order valence-corrected chi connectivity index (χ2v) is 9.90. The number of sulfonamides is 1. The van der Waals surface area contributed by atoms with Crippen LogP contribution in [0.25, 0.3) is 0 Å². The molecule has 0 aliphatic carbocycles. The van der Waals surface area contributed by atoms with Gasteiger partial charge in [0.25, 0.3) is 0 Å². The van der Waals surface area contributed by atoms with E-state index in [0.29, 0.717) is 18.9 Å². The predicted octanol–water partition coefficient (Wildman–Crippen LogP) is 3.18. The molecule has 0 radical (unpaired) electrons. The largest absolute Gasteiger partial charge is 0.492 e. The minimum Gasteiger partial charge on any atom is -0.492 e. The van der Waals surface area contributed by atoms with Crippen molar-refractivity contribution >= 4 is 27.5 Å². The van der Waals surface area contributed by atoms with E-state index >= 15 is 0 Å². The first-order valence-corrected chi connectivity index (χ1v) is 13.3. The average molecular weight is 490 g/mol. The van der Waals surface area contributed by atoms with E-state index in [1.54, 1.807) is 38.1 Å². The summed E-state index contributed by atoms with van der Waals surface area (Å²) in [6, 6.07) is 15.2. The summed E-state index contributed by atoms with van der Waals surface area (Å²) in [7, 11) is -3.82. The number of carbonyl (C=O) groups is 2. The number of nitrogens with one attached hydrogen (secondary N) is 1. The Morgan fingerprint density at radius 1 is 1.03 bits per heavy atom. The van der Waals surface area contributed by atoms with Crippen molar-refractivity contribution < 1.29 is 22.7 Å². The summed E-state index contributed by atoms with van der Waals surface area (Å²) in [5.41, 5.74) is 1.12. The van der Waals surface area contributed by atoms with Crippen LogP contribution in [0.3, 0.4) is 0 Å². The first kappa shape index (κ1) is 27.2. The summed E-state index contributed by atoms with van der Waals surface area (Å²) >= 11 is 0. The first-order valence-electron chi connectivity index (χ1n) is 11.5. The van der Waals surface area contributed by atoms with Gasteiger partial charge in [-0.3, -0.25) is 13.9 Å². The van der Waals surface area contributed by atoms with E-state index in [-0.39, 0.29) is 18.1 Å². The Labute approximate surface area is 202 Å². The molecule has 0 aliphatic heterocycles. The molecule has 186 valence electrons. The zero-order chi connectivity index (χ0) is 25.1. The third-order valence-electron chi connectivity index (χ3n) is 5.31. The van der Waals surface area contributed by atoms with Crippen molar-refractivity contribution in [3.63, 3.8) is 0 Å². The van der Waals surface area contributed by atoms with Gasteiger partial charge in [-0.2, -0.15) is 0 Å². The van der Waals surface area contributed by atoms with Gasteiger partial charge < -0.3 is 15.0 Å². The highest BCUT2D eigenvalue weighted by atomic mass is 32.2. The Morgan fingerprint density at radius 2 is 1.68 bits per heavy atom. The quantitative estimate of drug-likeness (QED) is 0.436. The van der Waals surface area contributed by atoms with Gasteiger partial charge >= 0.3 is 0 Å². The third kappa shape index (κ3) is 7.76. The molecule has 1 N–H and O–H groups in total. The van der Waals surface area contributed by atoms with Gasteiger partial charge in [-0.25, -0.2) is 8.42 Å². The molecule has 0 bridgehead atoms. The SMILES string of the molecule is CCCCNC(=O)[C@@H](C)N(Cc1ccccc1)C(=O)CN(c1ccccc1OCC)S(C)(=O)=O. The van der Waals surface area contributed by atoms with E-state index < -0.39 is 28.5 Å². The first-order chi connectivity index (χ1) is 16.2. The predicted molar refractivity (Wildman–Crippen MR) is 134 cm³/mol. The van der Waals surface area contributed by atoms with E-state index in [1.165, 1.54) is 4.90 Å². The number of rotatable bonds is 13. The number of unbranched alkanes of at least 4 members (excludes halogenated alkanes) is 1. The second kappa shape index (κ2) is 13.0. The van der Waals surface area contributed by atoms with Crippen LogP contribution in [-0.4, -0.2) is 57.1 Å². The third-order valence-corrected chi connectivity index (χ3v) is 6.43. The van der Waals surface area contributed by atoms with Crippen LogP contribution in [0.1, 0.15) is 39.2 Å². The summed E-state index contributed by atoms with van der Waals surface area (Å²) < 4.78 is 32.0. The molecule has 2 aromatic rings. The Morgan fingerprint density at radius 3 is 2.29 bits per heavy atom. The number of anilines is 1. The second-order valence-electron chi connectivity index (χ2n) is 8.00. The lowest BCUT2D eigenvalue weighted by molar-refractivity contribution is -0.139. The molecule has 2 rings (SSSR count). The molecule has 9 heteroatoms. The molecule has 1 atom stereocenters.